The van der Waals surface area contributed by atoms with Crippen molar-refractivity contribution >= 4 is 11.8 Å². The highest BCUT2D eigenvalue weighted by Gasteiger charge is 2.28. The van der Waals surface area contributed by atoms with Crippen LogP contribution < -0.4 is 25.8 Å². The normalized spacial score (nSPS) is 14.5. The van der Waals surface area contributed by atoms with Crippen LogP contribution in [-0.2, 0) is 4.79 Å². The average molecular weight is 565 g/mol. The maximum Gasteiger partial charge on any atom is 0.387 e. The number of hydrogen-bond acceptors (Lipinski definition) is 7. The van der Waals surface area contributed by atoms with Gasteiger partial charge in [0.25, 0.3) is 5.91 Å². The number of carbonyl (C=O) groups is 2. The molecule has 1 saturated carbocycles. The van der Waals surface area contributed by atoms with Crippen LogP contribution >= 0.6 is 0 Å². The molecule has 2 atom stereocenters. The number of nitrogens with two attached hydrogens (primary N) is 1. The molecule has 0 bridgehead atoms. The molecule has 4 N–H and O–H groups in total. The van der Waals surface area contributed by atoms with Gasteiger partial charge in [0.15, 0.2) is 23.0 Å². The van der Waals surface area contributed by atoms with Gasteiger partial charge in [0.05, 0.1) is 18.7 Å². The van der Waals surface area contributed by atoms with Crippen molar-refractivity contribution in [2.45, 2.75) is 45.4 Å². The standard InChI is InChI=1S/C27H28F4N4O5/c1-13(32)24-23(25(37)34-20(11-33-14(2)36)18-7-6-17(28)10-19(18)29)35-26(40-24)16-5-8-21(39-27(30)31)22(9-16)38-12-15-3-4-15/h5-10,13,15,20,27H,3-4,11-12,32H2,1-2H3,(H,33,36)(H,34,37)/t13-,20-/m0/s1. The number of alkyl halides is 2. The zero-order valence-corrected chi connectivity index (χ0v) is 21.7. The molecule has 1 aromatic heterocycles. The summed E-state index contributed by atoms with van der Waals surface area (Å²) in [5.74, 6) is -2.80. The Morgan fingerprint density at radius 1 is 1.15 bits per heavy atom. The molecule has 13 heteroatoms. The van der Waals surface area contributed by atoms with E-state index >= 15 is 0 Å². The maximum atomic E-state index is 14.5. The second-order valence-corrected chi connectivity index (χ2v) is 9.44. The first kappa shape index (κ1) is 28.9. The highest BCUT2D eigenvalue weighted by atomic mass is 19.3. The number of nitrogens with zero attached hydrogens (tertiary/aromatic N) is 1. The average Bonchev–Trinajstić information content (AvgIpc) is 3.60. The minimum Gasteiger partial charge on any atom is -0.489 e. The smallest absolute Gasteiger partial charge is 0.387 e. The molecule has 40 heavy (non-hydrogen) atoms. The van der Waals surface area contributed by atoms with Gasteiger partial charge >= 0.3 is 6.61 Å². The van der Waals surface area contributed by atoms with Gasteiger partial charge in [0.2, 0.25) is 11.8 Å². The molecule has 4 rings (SSSR count). The number of rotatable bonds is 12. The Bertz CT molecular complexity index is 1380. The van der Waals surface area contributed by atoms with Crippen molar-refractivity contribution in [1.29, 1.82) is 0 Å². The van der Waals surface area contributed by atoms with Crippen LogP contribution in [-0.4, -0.2) is 36.6 Å². The fourth-order valence-electron chi connectivity index (χ4n) is 3.86. The maximum absolute atomic E-state index is 14.5. The van der Waals surface area contributed by atoms with Crippen molar-refractivity contribution < 1.29 is 41.0 Å². The molecule has 3 aromatic rings. The molecule has 0 radical (unpaired) electrons. The second kappa shape index (κ2) is 12.4. The molecular formula is C27H28F4N4O5. The highest BCUT2D eigenvalue weighted by Crippen LogP contribution is 2.37. The van der Waals surface area contributed by atoms with E-state index in [1.807, 2.05) is 0 Å². The van der Waals surface area contributed by atoms with E-state index in [0.717, 1.165) is 25.0 Å². The van der Waals surface area contributed by atoms with Gasteiger partial charge in [0.1, 0.15) is 11.6 Å². The Hall–Kier alpha value is -4.13. The predicted molar refractivity (Wildman–Crippen MR) is 135 cm³/mol. The number of carbonyl (C=O) groups excluding carboxylic acids is 2. The van der Waals surface area contributed by atoms with Gasteiger partial charge in [0, 0.05) is 30.7 Å². The number of hydrogen-bond donors (Lipinski definition) is 3. The summed E-state index contributed by atoms with van der Waals surface area (Å²) in [6, 6.07) is 5.05. The summed E-state index contributed by atoms with van der Waals surface area (Å²) in [5, 5.41) is 5.08. The third-order valence-electron chi connectivity index (χ3n) is 6.06. The summed E-state index contributed by atoms with van der Waals surface area (Å²) in [5.41, 5.74) is 6.04. The van der Waals surface area contributed by atoms with E-state index in [2.05, 4.69) is 20.4 Å². The summed E-state index contributed by atoms with van der Waals surface area (Å²) in [7, 11) is 0. The van der Waals surface area contributed by atoms with Gasteiger partial charge in [-0.25, -0.2) is 13.8 Å². The second-order valence-electron chi connectivity index (χ2n) is 9.44. The summed E-state index contributed by atoms with van der Waals surface area (Å²) >= 11 is 0. The first-order valence-corrected chi connectivity index (χ1v) is 12.5. The largest absolute Gasteiger partial charge is 0.489 e. The Morgan fingerprint density at radius 2 is 1.90 bits per heavy atom. The predicted octanol–water partition coefficient (Wildman–Crippen LogP) is 4.64. The number of amides is 2. The van der Waals surface area contributed by atoms with Crippen molar-refractivity contribution in [1.82, 2.24) is 15.6 Å². The van der Waals surface area contributed by atoms with Gasteiger partial charge in [-0.3, -0.25) is 9.59 Å². The zero-order chi connectivity index (χ0) is 29.0. The molecule has 1 aliphatic carbocycles. The number of nitrogens with one attached hydrogen (secondary N) is 2. The van der Waals surface area contributed by atoms with Crippen molar-refractivity contribution in [3.05, 3.63) is 65.1 Å². The van der Waals surface area contributed by atoms with E-state index in [4.69, 9.17) is 14.9 Å². The topological polar surface area (TPSA) is 129 Å². The van der Waals surface area contributed by atoms with Gasteiger partial charge in [-0.2, -0.15) is 8.78 Å². The number of benzene rings is 2. The Kier molecular flexibility index (Phi) is 8.93. The van der Waals surface area contributed by atoms with Gasteiger partial charge < -0.3 is 30.3 Å². The van der Waals surface area contributed by atoms with Crippen LogP contribution in [0.2, 0.25) is 0 Å². The lowest BCUT2D eigenvalue weighted by atomic mass is 10.1. The third kappa shape index (κ3) is 7.29. The summed E-state index contributed by atoms with van der Waals surface area (Å²) < 4.78 is 69.9. The first-order valence-electron chi connectivity index (χ1n) is 12.5. The minimum atomic E-state index is -3.06. The fourth-order valence-corrected chi connectivity index (χ4v) is 3.86. The Morgan fingerprint density at radius 3 is 2.52 bits per heavy atom. The third-order valence-corrected chi connectivity index (χ3v) is 6.06. The van der Waals surface area contributed by atoms with E-state index in [-0.39, 0.29) is 41.0 Å². The molecule has 214 valence electrons. The molecule has 1 aliphatic rings. The van der Waals surface area contributed by atoms with Gasteiger partial charge in [-0.15, -0.1) is 0 Å². The van der Waals surface area contributed by atoms with E-state index in [1.54, 1.807) is 6.92 Å². The summed E-state index contributed by atoms with van der Waals surface area (Å²) in [6.45, 7) is -0.136. The number of oxazole rings is 1. The lowest BCUT2D eigenvalue weighted by Crippen LogP contribution is -2.38. The first-order chi connectivity index (χ1) is 19.0. The van der Waals surface area contributed by atoms with Crippen LogP contribution in [0, 0.1) is 17.6 Å². The van der Waals surface area contributed by atoms with Crippen LogP contribution in [0.15, 0.2) is 40.8 Å². The molecule has 1 fully saturated rings. The lowest BCUT2D eigenvalue weighted by Gasteiger charge is -2.20. The van der Waals surface area contributed by atoms with Crippen molar-refractivity contribution in [3.8, 4) is 23.0 Å². The molecule has 0 unspecified atom stereocenters. The molecule has 0 saturated heterocycles. The molecule has 0 aliphatic heterocycles. The van der Waals surface area contributed by atoms with Crippen molar-refractivity contribution in [3.63, 3.8) is 0 Å². The number of halogens is 4. The van der Waals surface area contributed by atoms with E-state index in [0.29, 0.717) is 24.2 Å². The molecular weight excluding hydrogens is 536 g/mol. The summed E-state index contributed by atoms with van der Waals surface area (Å²) in [6.07, 6.45) is 1.96. The Labute approximate surface area is 227 Å². The van der Waals surface area contributed by atoms with Crippen molar-refractivity contribution in [2.24, 2.45) is 11.7 Å². The number of aromatic nitrogens is 1. The quantitative estimate of drug-likeness (QED) is 0.274. The SMILES string of the molecule is CC(=O)NC[C@H](NC(=O)c1nc(-c2ccc(OC(F)F)c(OCC3CC3)c2)oc1[C@H](C)N)c1ccc(F)cc1F. The van der Waals surface area contributed by atoms with E-state index in [9.17, 15) is 27.2 Å². The van der Waals surface area contributed by atoms with Gasteiger partial charge in [-0.1, -0.05) is 6.07 Å². The zero-order valence-electron chi connectivity index (χ0n) is 21.7. The van der Waals surface area contributed by atoms with Crippen LogP contribution in [0.4, 0.5) is 17.6 Å². The monoisotopic (exact) mass is 564 g/mol. The highest BCUT2D eigenvalue weighted by molar-refractivity contribution is 5.94. The molecule has 9 nitrogen and oxygen atoms in total. The van der Waals surface area contributed by atoms with E-state index in [1.165, 1.54) is 25.1 Å². The number of ether oxygens (including phenoxy) is 2. The van der Waals surface area contributed by atoms with Crippen LogP contribution in [0.5, 0.6) is 11.5 Å². The molecule has 1 heterocycles. The lowest BCUT2D eigenvalue weighted by molar-refractivity contribution is -0.119. The van der Waals surface area contributed by atoms with E-state index < -0.39 is 42.1 Å². The van der Waals surface area contributed by atoms with Crippen LogP contribution in [0.1, 0.15) is 60.6 Å². The molecule has 2 aromatic carbocycles. The van der Waals surface area contributed by atoms with Gasteiger partial charge in [-0.05, 0) is 49.9 Å². The Balaban J connectivity index is 1.64. The minimum absolute atomic E-state index is 0.00119. The fraction of sp³-hybridized carbons (Fsp3) is 0.370. The van der Waals surface area contributed by atoms with Crippen LogP contribution in [0.3, 0.4) is 0 Å². The van der Waals surface area contributed by atoms with Crippen molar-refractivity contribution in [2.75, 3.05) is 13.2 Å². The van der Waals surface area contributed by atoms with Crippen LogP contribution in [0.25, 0.3) is 11.5 Å². The summed E-state index contributed by atoms with van der Waals surface area (Å²) in [4.78, 5) is 29.1. The molecule has 0 spiro atoms. The molecule has 2 amide bonds.